The van der Waals surface area contributed by atoms with Crippen molar-refractivity contribution in [2.24, 2.45) is 0 Å². The molecule has 0 saturated heterocycles. The molecule has 22 heavy (non-hydrogen) atoms. The van der Waals surface area contributed by atoms with Gasteiger partial charge < -0.3 is 4.57 Å². The van der Waals surface area contributed by atoms with Crippen LogP contribution in [0.5, 0.6) is 0 Å². The van der Waals surface area contributed by atoms with Crippen LogP contribution >= 0.6 is 0 Å². The molecule has 1 heterocycles. The summed E-state index contributed by atoms with van der Waals surface area (Å²) in [7, 11) is 0. The monoisotopic (exact) mass is 284 g/mol. The number of aromatic nitrogens is 2. The highest BCUT2D eigenvalue weighted by Crippen LogP contribution is 2.28. The number of nitriles is 2. The molecule has 0 aliphatic heterocycles. The van der Waals surface area contributed by atoms with E-state index in [1.807, 2.05) is 66.7 Å². The number of imidazole rings is 1. The second kappa shape index (κ2) is 5.95. The summed E-state index contributed by atoms with van der Waals surface area (Å²) in [6.07, 6.45) is 1.56. The molecule has 0 saturated carbocycles. The quantitative estimate of drug-likeness (QED) is 0.741. The molecule has 2 aromatic carbocycles. The van der Waals surface area contributed by atoms with E-state index in [0.29, 0.717) is 0 Å². The molecule has 4 nitrogen and oxygen atoms in total. The molecule has 0 aliphatic rings. The fourth-order valence-corrected chi connectivity index (χ4v) is 2.53. The molecule has 0 atom stereocenters. The predicted molar refractivity (Wildman–Crippen MR) is 81.8 cm³/mol. The summed E-state index contributed by atoms with van der Waals surface area (Å²) >= 11 is 0. The molecule has 0 N–H and O–H groups in total. The molecular weight excluding hydrogens is 272 g/mol. The van der Waals surface area contributed by atoms with Crippen molar-refractivity contribution in [2.45, 2.75) is 6.04 Å². The number of nitrogens with zero attached hydrogens (tertiary/aromatic N) is 4. The van der Waals surface area contributed by atoms with Crippen molar-refractivity contribution in [3.05, 3.63) is 89.5 Å². The third kappa shape index (κ3) is 2.34. The zero-order valence-corrected chi connectivity index (χ0v) is 11.7. The Balaban J connectivity index is 2.22. The molecule has 3 aromatic rings. The molecule has 3 rings (SSSR count). The summed E-state index contributed by atoms with van der Waals surface area (Å²) in [5.41, 5.74) is 2.50. The van der Waals surface area contributed by atoms with Gasteiger partial charge in [0.2, 0.25) is 0 Å². The van der Waals surface area contributed by atoms with Crippen LogP contribution in [0, 0.1) is 22.7 Å². The van der Waals surface area contributed by atoms with Gasteiger partial charge in [-0.15, -0.1) is 0 Å². The van der Waals surface area contributed by atoms with Gasteiger partial charge in [0.25, 0.3) is 0 Å². The topological polar surface area (TPSA) is 65.4 Å². The van der Waals surface area contributed by atoms with Crippen LogP contribution in [-0.2, 0) is 0 Å². The average molecular weight is 284 g/mol. The Morgan fingerprint density at radius 1 is 0.818 bits per heavy atom. The van der Waals surface area contributed by atoms with Gasteiger partial charge in [-0.3, -0.25) is 0 Å². The van der Waals surface area contributed by atoms with E-state index in [9.17, 15) is 5.26 Å². The van der Waals surface area contributed by atoms with Crippen LogP contribution in [0.3, 0.4) is 0 Å². The zero-order valence-electron chi connectivity index (χ0n) is 11.7. The van der Waals surface area contributed by atoms with Gasteiger partial charge in [-0.1, -0.05) is 60.7 Å². The number of rotatable bonds is 3. The standard InChI is InChI=1S/C18H12N4/c19-11-16-17(12-20)22(13-21-16)18(14-7-3-1-4-8-14)15-9-5-2-6-10-15/h1-10,13,18H. The summed E-state index contributed by atoms with van der Waals surface area (Å²) in [6.45, 7) is 0. The SMILES string of the molecule is N#Cc1ncn(C(c2ccccc2)c2ccccc2)c1C#N. The lowest BCUT2D eigenvalue weighted by atomic mass is 9.98. The number of benzene rings is 2. The molecule has 4 heteroatoms. The van der Waals surface area contributed by atoms with Crippen LogP contribution < -0.4 is 0 Å². The lowest BCUT2D eigenvalue weighted by molar-refractivity contribution is 0.669. The van der Waals surface area contributed by atoms with E-state index < -0.39 is 0 Å². The maximum Gasteiger partial charge on any atom is 0.176 e. The van der Waals surface area contributed by atoms with Crippen molar-refractivity contribution in [2.75, 3.05) is 0 Å². The van der Waals surface area contributed by atoms with E-state index in [-0.39, 0.29) is 17.4 Å². The van der Waals surface area contributed by atoms with Crippen molar-refractivity contribution in [1.29, 1.82) is 10.5 Å². The summed E-state index contributed by atoms with van der Waals surface area (Å²) in [5.74, 6) is 0. The first-order valence-corrected chi connectivity index (χ1v) is 6.82. The molecule has 0 radical (unpaired) electrons. The first-order chi connectivity index (χ1) is 10.8. The molecule has 0 amide bonds. The molecule has 1 aromatic heterocycles. The zero-order chi connectivity index (χ0) is 15.4. The molecule has 0 unspecified atom stereocenters. The summed E-state index contributed by atoms with van der Waals surface area (Å²) in [6, 6.07) is 23.6. The summed E-state index contributed by atoms with van der Waals surface area (Å²) in [4.78, 5) is 4.06. The van der Waals surface area contributed by atoms with Crippen molar-refractivity contribution in [3.63, 3.8) is 0 Å². The molecule has 0 aliphatic carbocycles. The van der Waals surface area contributed by atoms with E-state index in [1.54, 1.807) is 10.9 Å². The average Bonchev–Trinajstić information content (AvgIpc) is 3.00. The fourth-order valence-electron chi connectivity index (χ4n) is 2.53. The Hall–Kier alpha value is -3.37. The predicted octanol–water partition coefficient (Wildman–Crippen LogP) is 3.26. The Kier molecular flexibility index (Phi) is 3.68. The van der Waals surface area contributed by atoms with Crippen molar-refractivity contribution < 1.29 is 0 Å². The smallest absolute Gasteiger partial charge is 0.176 e. The van der Waals surface area contributed by atoms with Crippen LogP contribution in [-0.4, -0.2) is 9.55 Å². The van der Waals surface area contributed by atoms with Crippen molar-refractivity contribution in [3.8, 4) is 12.1 Å². The lowest BCUT2D eigenvalue weighted by Crippen LogP contribution is -2.13. The van der Waals surface area contributed by atoms with Crippen LogP contribution in [0.2, 0.25) is 0 Å². The van der Waals surface area contributed by atoms with E-state index in [4.69, 9.17) is 5.26 Å². The fraction of sp³-hybridized carbons (Fsp3) is 0.0556. The van der Waals surface area contributed by atoms with E-state index in [1.165, 1.54) is 0 Å². The minimum absolute atomic E-state index is 0.152. The molecule has 104 valence electrons. The van der Waals surface area contributed by atoms with Gasteiger partial charge >= 0.3 is 0 Å². The Bertz CT molecular complexity index is 812. The van der Waals surface area contributed by atoms with Gasteiger partial charge in [-0.25, -0.2) is 4.98 Å². The third-order valence-electron chi connectivity index (χ3n) is 3.51. The normalized spacial score (nSPS) is 10.1. The van der Waals surface area contributed by atoms with E-state index in [2.05, 4.69) is 11.1 Å². The first-order valence-electron chi connectivity index (χ1n) is 6.82. The molecule has 0 bridgehead atoms. The van der Waals surface area contributed by atoms with Crippen molar-refractivity contribution >= 4 is 0 Å². The summed E-state index contributed by atoms with van der Waals surface area (Å²) in [5, 5.41) is 18.5. The molecular formula is C18H12N4. The Morgan fingerprint density at radius 3 is 1.82 bits per heavy atom. The van der Waals surface area contributed by atoms with Crippen LogP contribution in [0.25, 0.3) is 0 Å². The highest BCUT2D eigenvalue weighted by Gasteiger charge is 2.21. The minimum atomic E-state index is -0.188. The Labute approximate surface area is 128 Å². The lowest BCUT2D eigenvalue weighted by Gasteiger charge is -2.20. The number of hydrogen-bond acceptors (Lipinski definition) is 3. The van der Waals surface area contributed by atoms with Gasteiger partial charge in [0.05, 0.1) is 12.4 Å². The van der Waals surface area contributed by atoms with Crippen LogP contribution in [0.1, 0.15) is 28.6 Å². The second-order valence-corrected chi connectivity index (χ2v) is 4.80. The second-order valence-electron chi connectivity index (χ2n) is 4.80. The largest absolute Gasteiger partial charge is 0.309 e. The summed E-state index contributed by atoms with van der Waals surface area (Å²) < 4.78 is 1.75. The maximum absolute atomic E-state index is 9.40. The third-order valence-corrected chi connectivity index (χ3v) is 3.51. The van der Waals surface area contributed by atoms with Crippen molar-refractivity contribution in [1.82, 2.24) is 9.55 Å². The van der Waals surface area contributed by atoms with Gasteiger partial charge in [-0.2, -0.15) is 10.5 Å². The highest BCUT2D eigenvalue weighted by atomic mass is 15.1. The van der Waals surface area contributed by atoms with Crippen LogP contribution in [0.15, 0.2) is 67.0 Å². The van der Waals surface area contributed by atoms with E-state index in [0.717, 1.165) is 11.1 Å². The van der Waals surface area contributed by atoms with Gasteiger partial charge in [0.15, 0.2) is 11.4 Å². The minimum Gasteiger partial charge on any atom is -0.309 e. The van der Waals surface area contributed by atoms with Crippen LogP contribution in [0.4, 0.5) is 0 Å². The van der Waals surface area contributed by atoms with E-state index >= 15 is 0 Å². The number of hydrogen-bond donors (Lipinski definition) is 0. The highest BCUT2D eigenvalue weighted by molar-refractivity contribution is 5.41. The first kappa shape index (κ1) is 13.6. The van der Waals surface area contributed by atoms with Gasteiger partial charge in [0, 0.05) is 0 Å². The maximum atomic E-state index is 9.40. The Morgan fingerprint density at radius 2 is 1.36 bits per heavy atom. The molecule has 0 spiro atoms. The van der Waals surface area contributed by atoms with Gasteiger partial charge in [-0.05, 0) is 11.1 Å². The molecule has 0 fully saturated rings. The van der Waals surface area contributed by atoms with Gasteiger partial charge in [0.1, 0.15) is 12.1 Å².